The third kappa shape index (κ3) is 3.03. The van der Waals surface area contributed by atoms with Gasteiger partial charge >= 0.3 is 0 Å². The molecule has 0 fully saturated rings. The van der Waals surface area contributed by atoms with Crippen LogP contribution in [0.3, 0.4) is 0 Å². The van der Waals surface area contributed by atoms with Crippen molar-refractivity contribution in [1.82, 2.24) is 4.90 Å². The van der Waals surface area contributed by atoms with Gasteiger partial charge in [0.15, 0.2) is 0 Å². The standard InChI is InChI=1S/C12H17FN2O/c1-9-4-5-11(13)10(8-9)12(16)15(2)7-3-6-14/h4-5,8H,3,6-7,14H2,1-2H3. The number of nitrogens with zero attached hydrogens (tertiary/aromatic N) is 1. The van der Waals surface area contributed by atoms with Crippen LogP contribution in [0.25, 0.3) is 0 Å². The van der Waals surface area contributed by atoms with Gasteiger partial charge < -0.3 is 10.6 Å². The van der Waals surface area contributed by atoms with E-state index in [1.54, 1.807) is 19.2 Å². The molecule has 2 N–H and O–H groups in total. The van der Waals surface area contributed by atoms with Crippen LogP contribution in [0.5, 0.6) is 0 Å². The highest BCUT2D eigenvalue weighted by Gasteiger charge is 2.15. The Hall–Kier alpha value is -1.42. The van der Waals surface area contributed by atoms with Gasteiger partial charge in [0, 0.05) is 13.6 Å². The number of amides is 1. The lowest BCUT2D eigenvalue weighted by atomic mass is 10.1. The summed E-state index contributed by atoms with van der Waals surface area (Å²) in [7, 11) is 1.65. The molecule has 0 aliphatic heterocycles. The van der Waals surface area contributed by atoms with Crippen LogP contribution in [0.4, 0.5) is 4.39 Å². The highest BCUT2D eigenvalue weighted by Crippen LogP contribution is 2.12. The summed E-state index contributed by atoms with van der Waals surface area (Å²) in [6.07, 6.45) is 0.718. The molecule has 1 amide bonds. The molecule has 0 aliphatic carbocycles. The van der Waals surface area contributed by atoms with Crippen LogP contribution in [0.15, 0.2) is 18.2 Å². The number of halogens is 1. The number of hydrogen-bond acceptors (Lipinski definition) is 2. The Morgan fingerprint density at radius 3 is 2.81 bits per heavy atom. The maximum atomic E-state index is 13.4. The van der Waals surface area contributed by atoms with Crippen molar-refractivity contribution in [2.24, 2.45) is 5.73 Å². The van der Waals surface area contributed by atoms with Gasteiger partial charge in [-0.25, -0.2) is 4.39 Å². The molecule has 1 rings (SSSR count). The Morgan fingerprint density at radius 2 is 2.19 bits per heavy atom. The lowest BCUT2D eigenvalue weighted by molar-refractivity contribution is 0.0789. The quantitative estimate of drug-likeness (QED) is 0.843. The van der Waals surface area contributed by atoms with Crippen molar-refractivity contribution in [2.75, 3.05) is 20.1 Å². The van der Waals surface area contributed by atoms with Crippen LogP contribution in [0.1, 0.15) is 22.3 Å². The zero-order valence-corrected chi connectivity index (χ0v) is 9.66. The van der Waals surface area contributed by atoms with Crippen molar-refractivity contribution in [3.05, 3.63) is 35.1 Å². The van der Waals surface area contributed by atoms with Crippen molar-refractivity contribution in [3.8, 4) is 0 Å². The average Bonchev–Trinajstić information content (AvgIpc) is 2.28. The van der Waals surface area contributed by atoms with Gasteiger partial charge in [0.2, 0.25) is 0 Å². The van der Waals surface area contributed by atoms with Crippen molar-refractivity contribution in [2.45, 2.75) is 13.3 Å². The Balaban J connectivity index is 2.83. The molecule has 3 nitrogen and oxygen atoms in total. The molecule has 0 bridgehead atoms. The molecule has 0 aliphatic rings. The highest BCUT2D eigenvalue weighted by molar-refractivity contribution is 5.94. The first-order valence-electron chi connectivity index (χ1n) is 5.28. The molecule has 0 unspecified atom stereocenters. The smallest absolute Gasteiger partial charge is 0.256 e. The van der Waals surface area contributed by atoms with E-state index in [4.69, 9.17) is 5.73 Å². The summed E-state index contributed by atoms with van der Waals surface area (Å²) in [4.78, 5) is 13.4. The Morgan fingerprint density at radius 1 is 1.50 bits per heavy atom. The first kappa shape index (κ1) is 12.6. The van der Waals surface area contributed by atoms with Crippen molar-refractivity contribution < 1.29 is 9.18 Å². The van der Waals surface area contributed by atoms with E-state index >= 15 is 0 Å². The number of benzene rings is 1. The maximum Gasteiger partial charge on any atom is 0.256 e. The lowest BCUT2D eigenvalue weighted by Crippen LogP contribution is -2.29. The Kier molecular flexibility index (Phi) is 4.43. The number of rotatable bonds is 4. The molecule has 0 saturated heterocycles. The minimum absolute atomic E-state index is 0.125. The van der Waals surface area contributed by atoms with Crippen molar-refractivity contribution in [3.63, 3.8) is 0 Å². The van der Waals surface area contributed by atoms with E-state index in [1.165, 1.54) is 11.0 Å². The molecule has 1 aromatic rings. The fourth-order valence-corrected chi connectivity index (χ4v) is 1.44. The molecular formula is C12H17FN2O. The SMILES string of the molecule is Cc1ccc(F)c(C(=O)N(C)CCCN)c1. The molecule has 0 atom stereocenters. The lowest BCUT2D eigenvalue weighted by Gasteiger charge is -2.17. The summed E-state index contributed by atoms with van der Waals surface area (Å²) in [5, 5.41) is 0. The molecule has 4 heteroatoms. The van der Waals surface area contributed by atoms with E-state index in [9.17, 15) is 9.18 Å². The van der Waals surface area contributed by atoms with E-state index in [0.29, 0.717) is 13.1 Å². The fourth-order valence-electron chi connectivity index (χ4n) is 1.44. The van der Waals surface area contributed by atoms with Crippen molar-refractivity contribution >= 4 is 5.91 Å². The van der Waals surface area contributed by atoms with E-state index in [-0.39, 0.29) is 11.5 Å². The topological polar surface area (TPSA) is 46.3 Å². The predicted octanol–water partition coefficient (Wildman–Crippen LogP) is 1.55. The molecule has 1 aromatic carbocycles. The summed E-state index contributed by atoms with van der Waals surface area (Å²) in [6, 6.07) is 4.53. The van der Waals surface area contributed by atoms with Gasteiger partial charge in [-0.1, -0.05) is 11.6 Å². The molecule has 0 spiro atoms. The molecule has 0 aromatic heterocycles. The summed E-state index contributed by atoms with van der Waals surface area (Å²) in [5.74, 6) is -0.773. The van der Waals surface area contributed by atoms with Crippen molar-refractivity contribution in [1.29, 1.82) is 0 Å². The van der Waals surface area contributed by atoms with Gasteiger partial charge in [-0.15, -0.1) is 0 Å². The fraction of sp³-hybridized carbons (Fsp3) is 0.417. The van der Waals surface area contributed by atoms with E-state index in [0.717, 1.165) is 12.0 Å². The zero-order valence-electron chi connectivity index (χ0n) is 9.66. The number of nitrogens with two attached hydrogens (primary N) is 1. The number of hydrogen-bond donors (Lipinski definition) is 1. The minimum Gasteiger partial charge on any atom is -0.342 e. The largest absolute Gasteiger partial charge is 0.342 e. The minimum atomic E-state index is -0.477. The van der Waals surface area contributed by atoms with Crippen LogP contribution >= 0.6 is 0 Å². The third-order valence-electron chi connectivity index (χ3n) is 2.40. The Bertz CT molecular complexity index is 379. The molecular weight excluding hydrogens is 207 g/mol. The van der Waals surface area contributed by atoms with Gasteiger partial charge in [-0.05, 0) is 32.0 Å². The van der Waals surface area contributed by atoms with Gasteiger partial charge in [-0.2, -0.15) is 0 Å². The van der Waals surface area contributed by atoms with Crippen LogP contribution in [-0.4, -0.2) is 30.9 Å². The van der Waals surface area contributed by atoms with Crippen LogP contribution < -0.4 is 5.73 Å². The molecule has 16 heavy (non-hydrogen) atoms. The predicted molar refractivity (Wildman–Crippen MR) is 61.8 cm³/mol. The zero-order chi connectivity index (χ0) is 12.1. The molecule has 0 radical (unpaired) electrons. The van der Waals surface area contributed by atoms with Gasteiger partial charge in [-0.3, -0.25) is 4.79 Å². The number of carbonyl (C=O) groups is 1. The third-order valence-corrected chi connectivity index (χ3v) is 2.40. The van der Waals surface area contributed by atoms with Crippen LogP contribution in [-0.2, 0) is 0 Å². The maximum absolute atomic E-state index is 13.4. The second-order valence-corrected chi connectivity index (χ2v) is 3.85. The Labute approximate surface area is 95.0 Å². The summed E-state index contributed by atoms with van der Waals surface area (Å²) in [5.41, 5.74) is 6.35. The summed E-state index contributed by atoms with van der Waals surface area (Å²) in [6.45, 7) is 2.90. The van der Waals surface area contributed by atoms with Gasteiger partial charge in [0.1, 0.15) is 5.82 Å². The van der Waals surface area contributed by atoms with E-state index in [1.807, 2.05) is 6.92 Å². The summed E-state index contributed by atoms with van der Waals surface area (Å²) < 4.78 is 13.4. The molecule has 0 saturated carbocycles. The van der Waals surface area contributed by atoms with E-state index < -0.39 is 5.82 Å². The highest BCUT2D eigenvalue weighted by atomic mass is 19.1. The molecule has 0 heterocycles. The van der Waals surface area contributed by atoms with E-state index in [2.05, 4.69) is 0 Å². The monoisotopic (exact) mass is 224 g/mol. The average molecular weight is 224 g/mol. The first-order chi connectivity index (χ1) is 7.56. The van der Waals surface area contributed by atoms with Crippen LogP contribution in [0.2, 0.25) is 0 Å². The second-order valence-electron chi connectivity index (χ2n) is 3.85. The first-order valence-corrected chi connectivity index (χ1v) is 5.28. The normalized spacial score (nSPS) is 10.2. The number of carbonyl (C=O) groups excluding carboxylic acids is 1. The van der Waals surface area contributed by atoms with Gasteiger partial charge in [0.25, 0.3) is 5.91 Å². The molecule has 88 valence electrons. The second kappa shape index (κ2) is 5.61. The van der Waals surface area contributed by atoms with Crippen LogP contribution in [0, 0.1) is 12.7 Å². The summed E-state index contributed by atoms with van der Waals surface area (Å²) >= 11 is 0. The van der Waals surface area contributed by atoms with Gasteiger partial charge in [0.05, 0.1) is 5.56 Å². The number of aryl methyl sites for hydroxylation is 1.